The fourth-order valence-corrected chi connectivity index (χ4v) is 2.74. The summed E-state index contributed by atoms with van der Waals surface area (Å²) in [6.07, 6.45) is 0. The second-order valence-corrected chi connectivity index (χ2v) is 5.50. The van der Waals surface area contributed by atoms with Gasteiger partial charge in [0, 0.05) is 12.2 Å². The Balaban J connectivity index is 2.13. The first-order chi connectivity index (χ1) is 11.1. The van der Waals surface area contributed by atoms with Gasteiger partial charge in [0.25, 0.3) is 5.56 Å². The Morgan fingerprint density at radius 1 is 1.00 bits per heavy atom. The Morgan fingerprint density at radius 2 is 1.65 bits per heavy atom. The van der Waals surface area contributed by atoms with Gasteiger partial charge in [-0.05, 0) is 37.1 Å². The van der Waals surface area contributed by atoms with Crippen molar-refractivity contribution in [2.75, 3.05) is 0 Å². The highest BCUT2D eigenvalue weighted by atomic mass is 19.1. The molecule has 0 aliphatic heterocycles. The topological polar surface area (TPSA) is 34.9 Å². The summed E-state index contributed by atoms with van der Waals surface area (Å²) in [7, 11) is 0. The minimum atomic E-state index is -0.323. The lowest BCUT2D eigenvalue weighted by molar-refractivity contribution is 0.628. The van der Waals surface area contributed by atoms with Gasteiger partial charge in [-0.2, -0.15) is 4.98 Å². The molecule has 0 saturated carbocycles. The third-order valence-corrected chi connectivity index (χ3v) is 3.95. The predicted molar refractivity (Wildman–Crippen MR) is 88.9 cm³/mol. The lowest BCUT2D eigenvalue weighted by Crippen LogP contribution is -2.21. The summed E-state index contributed by atoms with van der Waals surface area (Å²) in [6.45, 7) is 4.36. The van der Waals surface area contributed by atoms with Crippen molar-refractivity contribution in [3.63, 3.8) is 0 Å². The van der Waals surface area contributed by atoms with E-state index in [1.54, 1.807) is 12.1 Å². The summed E-state index contributed by atoms with van der Waals surface area (Å²) in [5.74, 6) is 0.346. The first-order valence-electron chi connectivity index (χ1n) is 7.44. The number of benzene rings is 2. The van der Waals surface area contributed by atoms with Crippen molar-refractivity contribution in [3.05, 3.63) is 87.9 Å². The molecule has 1 aromatic heterocycles. The van der Waals surface area contributed by atoms with Crippen LogP contribution in [0, 0.1) is 19.7 Å². The number of aryl methyl sites for hydroxylation is 1. The first kappa shape index (κ1) is 15.2. The molecule has 0 unspecified atom stereocenters. The van der Waals surface area contributed by atoms with Crippen LogP contribution < -0.4 is 5.56 Å². The number of aromatic nitrogens is 2. The summed E-state index contributed by atoms with van der Waals surface area (Å²) < 4.78 is 15.1. The predicted octanol–water partition coefficient (Wildman–Crippen LogP) is 3.71. The van der Waals surface area contributed by atoms with Gasteiger partial charge in [-0.1, -0.05) is 42.5 Å². The summed E-state index contributed by atoms with van der Waals surface area (Å²) in [6, 6.07) is 15.9. The largest absolute Gasteiger partial charge is 0.329 e. The average Bonchev–Trinajstić information content (AvgIpc) is 2.54. The number of halogens is 1. The molecule has 0 amide bonds. The van der Waals surface area contributed by atoms with E-state index in [0.29, 0.717) is 23.5 Å². The molecular weight excluding hydrogens is 291 g/mol. The molecule has 23 heavy (non-hydrogen) atoms. The highest BCUT2D eigenvalue weighted by Gasteiger charge is 2.14. The van der Waals surface area contributed by atoms with Crippen LogP contribution in [0.15, 0.2) is 59.4 Å². The zero-order valence-corrected chi connectivity index (χ0v) is 13.1. The van der Waals surface area contributed by atoms with Gasteiger partial charge in [0.2, 0.25) is 0 Å². The van der Waals surface area contributed by atoms with E-state index in [1.165, 1.54) is 12.1 Å². The van der Waals surface area contributed by atoms with Crippen molar-refractivity contribution in [1.29, 1.82) is 0 Å². The minimum absolute atomic E-state index is 0.282. The van der Waals surface area contributed by atoms with Crippen LogP contribution in [0.4, 0.5) is 4.39 Å². The molecule has 3 aromatic rings. The van der Waals surface area contributed by atoms with Crippen molar-refractivity contribution < 1.29 is 4.39 Å². The number of nitrogens with zero attached hydrogens (tertiary/aromatic N) is 2. The highest BCUT2D eigenvalue weighted by molar-refractivity contribution is 5.64. The molecule has 0 bridgehead atoms. The molecule has 116 valence electrons. The van der Waals surface area contributed by atoms with E-state index >= 15 is 0 Å². The maximum atomic E-state index is 13.1. The normalized spacial score (nSPS) is 10.7. The zero-order chi connectivity index (χ0) is 16.4. The zero-order valence-electron chi connectivity index (χ0n) is 13.1. The Morgan fingerprint density at radius 3 is 2.30 bits per heavy atom. The van der Waals surface area contributed by atoms with E-state index in [1.807, 2.05) is 48.7 Å². The number of hydrogen-bond donors (Lipinski definition) is 0. The van der Waals surface area contributed by atoms with Crippen molar-refractivity contribution in [1.82, 2.24) is 9.55 Å². The van der Waals surface area contributed by atoms with E-state index in [9.17, 15) is 9.18 Å². The molecule has 0 fully saturated rings. The lowest BCUT2D eigenvalue weighted by atomic mass is 10.1. The van der Waals surface area contributed by atoms with Gasteiger partial charge in [-0.3, -0.25) is 4.79 Å². The fraction of sp³-hybridized carbons (Fsp3) is 0.158. The standard InChI is InChI=1S/C19H17FN2O/c1-13-18(16-8-10-17(20)11-9-16)19(23)21-14(2)22(13)12-15-6-4-3-5-7-15/h3-11H,12H2,1-2H3. The molecule has 0 atom stereocenters. The van der Waals surface area contributed by atoms with Gasteiger partial charge in [0.15, 0.2) is 0 Å². The van der Waals surface area contributed by atoms with Crippen molar-refractivity contribution in [2.24, 2.45) is 0 Å². The van der Waals surface area contributed by atoms with E-state index in [-0.39, 0.29) is 11.4 Å². The molecule has 0 radical (unpaired) electrons. The summed E-state index contributed by atoms with van der Waals surface area (Å²) in [5, 5.41) is 0. The van der Waals surface area contributed by atoms with Crippen molar-refractivity contribution in [2.45, 2.75) is 20.4 Å². The van der Waals surface area contributed by atoms with Crippen LogP contribution >= 0.6 is 0 Å². The Hall–Kier alpha value is -2.75. The van der Waals surface area contributed by atoms with Crippen LogP contribution in [0.1, 0.15) is 17.1 Å². The first-order valence-corrected chi connectivity index (χ1v) is 7.44. The quantitative estimate of drug-likeness (QED) is 0.739. The van der Waals surface area contributed by atoms with Gasteiger partial charge in [-0.25, -0.2) is 4.39 Å². The SMILES string of the molecule is Cc1nc(=O)c(-c2ccc(F)cc2)c(C)n1Cc1ccccc1. The van der Waals surface area contributed by atoms with Gasteiger partial charge in [0.05, 0.1) is 5.56 Å². The maximum Gasteiger partial charge on any atom is 0.281 e. The average molecular weight is 308 g/mol. The lowest BCUT2D eigenvalue weighted by Gasteiger charge is -2.17. The van der Waals surface area contributed by atoms with Gasteiger partial charge >= 0.3 is 0 Å². The van der Waals surface area contributed by atoms with E-state index in [4.69, 9.17) is 0 Å². The summed E-state index contributed by atoms with van der Waals surface area (Å²) in [5.41, 5.74) is 2.89. The van der Waals surface area contributed by atoms with Gasteiger partial charge in [-0.15, -0.1) is 0 Å². The third kappa shape index (κ3) is 3.06. The van der Waals surface area contributed by atoms with E-state index < -0.39 is 0 Å². The fourth-order valence-electron chi connectivity index (χ4n) is 2.74. The minimum Gasteiger partial charge on any atom is -0.329 e. The van der Waals surface area contributed by atoms with Crippen molar-refractivity contribution >= 4 is 0 Å². The van der Waals surface area contributed by atoms with Crippen LogP contribution in [0.25, 0.3) is 11.1 Å². The second-order valence-electron chi connectivity index (χ2n) is 5.50. The van der Waals surface area contributed by atoms with Crippen LogP contribution in [-0.4, -0.2) is 9.55 Å². The van der Waals surface area contributed by atoms with Crippen molar-refractivity contribution in [3.8, 4) is 11.1 Å². The summed E-state index contributed by atoms with van der Waals surface area (Å²) in [4.78, 5) is 16.5. The maximum absolute atomic E-state index is 13.1. The molecule has 4 heteroatoms. The van der Waals surface area contributed by atoms with E-state index in [0.717, 1.165) is 11.3 Å². The monoisotopic (exact) mass is 308 g/mol. The molecular formula is C19H17FN2O. The number of rotatable bonds is 3. The van der Waals surface area contributed by atoms with Crippen LogP contribution in [0.2, 0.25) is 0 Å². The Labute approximate surface area is 134 Å². The summed E-state index contributed by atoms with van der Waals surface area (Å²) >= 11 is 0. The van der Waals surface area contributed by atoms with Crippen LogP contribution in [-0.2, 0) is 6.54 Å². The molecule has 0 saturated heterocycles. The molecule has 0 N–H and O–H groups in total. The highest BCUT2D eigenvalue weighted by Crippen LogP contribution is 2.21. The van der Waals surface area contributed by atoms with Crippen LogP contribution in [0.3, 0.4) is 0 Å². The molecule has 2 aromatic carbocycles. The second kappa shape index (κ2) is 6.16. The van der Waals surface area contributed by atoms with Gasteiger partial charge in [0.1, 0.15) is 11.6 Å². The Kier molecular flexibility index (Phi) is 4.06. The molecule has 0 spiro atoms. The van der Waals surface area contributed by atoms with Crippen LogP contribution in [0.5, 0.6) is 0 Å². The molecule has 0 aliphatic rings. The molecule has 3 nitrogen and oxygen atoms in total. The third-order valence-electron chi connectivity index (χ3n) is 3.95. The number of hydrogen-bond acceptors (Lipinski definition) is 2. The van der Waals surface area contributed by atoms with Gasteiger partial charge < -0.3 is 4.57 Å². The van der Waals surface area contributed by atoms with E-state index in [2.05, 4.69) is 4.98 Å². The smallest absolute Gasteiger partial charge is 0.281 e. The Bertz CT molecular complexity index is 884. The molecule has 3 rings (SSSR count). The molecule has 0 aliphatic carbocycles. The molecule has 1 heterocycles.